The van der Waals surface area contributed by atoms with E-state index in [1.165, 1.54) is 4.31 Å². The Balaban J connectivity index is 1.80. The number of halogens is 1. The van der Waals surface area contributed by atoms with Gasteiger partial charge in [-0.3, -0.25) is 0 Å². The zero-order valence-corrected chi connectivity index (χ0v) is 17.1. The van der Waals surface area contributed by atoms with Crippen molar-refractivity contribution in [2.45, 2.75) is 30.5 Å². The second-order valence-electron chi connectivity index (χ2n) is 7.29. The first kappa shape index (κ1) is 20.5. The Kier molecular flexibility index (Phi) is 5.85. The Morgan fingerprint density at radius 1 is 1.00 bits per heavy atom. The summed E-state index contributed by atoms with van der Waals surface area (Å²) in [6.07, 6.45) is 0.429. The average Bonchev–Trinajstić information content (AvgIpc) is 2.73. The molecule has 1 atom stereocenters. The Hall–Kier alpha value is -2.74. The van der Waals surface area contributed by atoms with E-state index in [-0.39, 0.29) is 13.2 Å². The van der Waals surface area contributed by atoms with Crippen molar-refractivity contribution in [3.63, 3.8) is 0 Å². The molecule has 0 radical (unpaired) electrons. The van der Waals surface area contributed by atoms with Crippen molar-refractivity contribution in [3.05, 3.63) is 95.3 Å². The van der Waals surface area contributed by atoms with E-state index in [1.807, 2.05) is 54.6 Å². The summed E-state index contributed by atoms with van der Waals surface area (Å²) in [7, 11) is -4.20. The van der Waals surface area contributed by atoms with E-state index in [0.717, 1.165) is 34.9 Å². The SMILES string of the molecule is O=S(=O)(c1cc(F)ccc1O)N1Cc2ccccc2COCC1Cc1ccccc1. The van der Waals surface area contributed by atoms with Gasteiger partial charge in [-0.25, -0.2) is 12.8 Å². The number of fused-ring (bicyclic) bond motifs is 1. The van der Waals surface area contributed by atoms with E-state index in [2.05, 4.69) is 0 Å². The van der Waals surface area contributed by atoms with Crippen LogP contribution in [0.4, 0.5) is 4.39 Å². The maximum Gasteiger partial charge on any atom is 0.247 e. The molecule has 3 aromatic carbocycles. The number of hydrogen-bond donors (Lipinski definition) is 1. The Labute approximate surface area is 175 Å². The lowest BCUT2D eigenvalue weighted by Crippen LogP contribution is -2.45. The van der Waals surface area contributed by atoms with Gasteiger partial charge in [-0.2, -0.15) is 4.31 Å². The molecule has 4 rings (SSSR count). The van der Waals surface area contributed by atoms with Crippen LogP contribution in [0.2, 0.25) is 0 Å². The molecule has 5 nitrogen and oxygen atoms in total. The third kappa shape index (κ3) is 4.23. The van der Waals surface area contributed by atoms with Crippen molar-refractivity contribution >= 4 is 10.0 Å². The number of nitrogens with zero attached hydrogens (tertiary/aromatic N) is 1. The number of rotatable bonds is 4. The van der Waals surface area contributed by atoms with Gasteiger partial charge in [0.1, 0.15) is 16.5 Å². The molecule has 1 aliphatic heterocycles. The number of hydrogen-bond acceptors (Lipinski definition) is 4. The molecule has 0 saturated carbocycles. The Bertz CT molecular complexity index is 1130. The van der Waals surface area contributed by atoms with Gasteiger partial charge in [-0.05, 0) is 41.3 Å². The number of phenols is 1. The van der Waals surface area contributed by atoms with E-state index in [0.29, 0.717) is 13.0 Å². The van der Waals surface area contributed by atoms with Crippen LogP contribution in [-0.4, -0.2) is 30.5 Å². The standard InChI is InChI=1S/C23H22FNO4S/c24-20-10-11-22(26)23(13-20)30(27,28)25-14-18-8-4-5-9-19(18)15-29-16-21(25)12-17-6-2-1-3-7-17/h1-11,13,21,26H,12,14-16H2. The second kappa shape index (κ2) is 8.55. The van der Waals surface area contributed by atoms with Gasteiger partial charge in [-0.15, -0.1) is 0 Å². The Morgan fingerprint density at radius 3 is 2.47 bits per heavy atom. The van der Waals surface area contributed by atoms with Crippen LogP contribution in [0.5, 0.6) is 5.75 Å². The van der Waals surface area contributed by atoms with Crippen LogP contribution in [0.25, 0.3) is 0 Å². The molecule has 156 valence electrons. The van der Waals surface area contributed by atoms with Crippen LogP contribution in [-0.2, 0) is 34.3 Å². The first-order valence-electron chi connectivity index (χ1n) is 9.64. The molecule has 1 N–H and O–H groups in total. The molecule has 0 amide bonds. The minimum absolute atomic E-state index is 0.106. The van der Waals surface area contributed by atoms with Gasteiger partial charge in [0.15, 0.2) is 0 Å². The van der Waals surface area contributed by atoms with E-state index in [1.54, 1.807) is 0 Å². The summed E-state index contributed by atoms with van der Waals surface area (Å²) < 4.78 is 48.2. The Morgan fingerprint density at radius 2 is 1.70 bits per heavy atom. The fourth-order valence-corrected chi connectivity index (χ4v) is 5.37. The summed E-state index contributed by atoms with van der Waals surface area (Å²) in [6, 6.07) is 19.4. The molecule has 3 aromatic rings. The van der Waals surface area contributed by atoms with Gasteiger partial charge >= 0.3 is 0 Å². The third-order valence-electron chi connectivity index (χ3n) is 5.24. The minimum atomic E-state index is -4.20. The summed E-state index contributed by atoms with van der Waals surface area (Å²) in [5.74, 6) is -1.21. The summed E-state index contributed by atoms with van der Waals surface area (Å²) >= 11 is 0. The first-order chi connectivity index (χ1) is 14.4. The number of aromatic hydroxyl groups is 1. The van der Waals surface area contributed by atoms with E-state index < -0.39 is 32.5 Å². The predicted octanol–water partition coefficient (Wildman–Crippen LogP) is 3.86. The zero-order chi connectivity index (χ0) is 21.1. The lowest BCUT2D eigenvalue weighted by atomic mass is 10.0. The highest BCUT2D eigenvalue weighted by Crippen LogP contribution is 2.31. The first-order valence-corrected chi connectivity index (χ1v) is 11.1. The van der Waals surface area contributed by atoms with Crippen molar-refractivity contribution in [2.75, 3.05) is 6.61 Å². The van der Waals surface area contributed by atoms with Crippen LogP contribution < -0.4 is 0 Å². The van der Waals surface area contributed by atoms with Gasteiger partial charge in [0, 0.05) is 6.54 Å². The molecule has 1 unspecified atom stereocenters. The van der Waals surface area contributed by atoms with E-state index in [4.69, 9.17) is 4.74 Å². The van der Waals surface area contributed by atoms with Crippen molar-refractivity contribution in [1.29, 1.82) is 0 Å². The molecular weight excluding hydrogens is 405 g/mol. The van der Waals surface area contributed by atoms with Gasteiger partial charge < -0.3 is 9.84 Å². The average molecular weight is 427 g/mol. The number of ether oxygens (including phenoxy) is 1. The zero-order valence-electron chi connectivity index (χ0n) is 16.2. The predicted molar refractivity (Wildman–Crippen MR) is 111 cm³/mol. The molecule has 7 heteroatoms. The monoisotopic (exact) mass is 427 g/mol. The van der Waals surface area contributed by atoms with E-state index >= 15 is 0 Å². The van der Waals surface area contributed by atoms with Crippen molar-refractivity contribution in [3.8, 4) is 5.75 Å². The highest BCUT2D eigenvalue weighted by molar-refractivity contribution is 7.89. The number of phenolic OH excluding ortho intramolecular Hbond substituents is 1. The summed E-state index contributed by atoms with van der Waals surface area (Å²) in [6.45, 7) is 0.675. The lowest BCUT2D eigenvalue weighted by molar-refractivity contribution is 0.0673. The molecule has 30 heavy (non-hydrogen) atoms. The summed E-state index contributed by atoms with van der Waals surface area (Å²) in [5, 5.41) is 10.2. The van der Waals surface area contributed by atoms with Crippen LogP contribution in [0.15, 0.2) is 77.7 Å². The van der Waals surface area contributed by atoms with Crippen LogP contribution in [0, 0.1) is 5.82 Å². The summed E-state index contributed by atoms with van der Waals surface area (Å²) in [4.78, 5) is -0.446. The lowest BCUT2D eigenvalue weighted by Gasteiger charge is -2.33. The van der Waals surface area contributed by atoms with Gasteiger partial charge in [0.05, 0.1) is 19.3 Å². The van der Waals surface area contributed by atoms with Crippen molar-refractivity contribution < 1.29 is 22.7 Å². The van der Waals surface area contributed by atoms with Gasteiger partial charge in [-0.1, -0.05) is 54.6 Å². The molecule has 0 bridgehead atoms. The smallest absolute Gasteiger partial charge is 0.247 e. The molecule has 0 fully saturated rings. The number of benzene rings is 3. The van der Waals surface area contributed by atoms with Crippen molar-refractivity contribution in [1.82, 2.24) is 4.31 Å². The fraction of sp³-hybridized carbons (Fsp3) is 0.217. The van der Waals surface area contributed by atoms with E-state index in [9.17, 15) is 17.9 Å². The van der Waals surface area contributed by atoms with Crippen LogP contribution in [0.3, 0.4) is 0 Å². The maximum absolute atomic E-state index is 13.9. The molecule has 0 aromatic heterocycles. The molecule has 0 spiro atoms. The largest absolute Gasteiger partial charge is 0.507 e. The maximum atomic E-state index is 13.9. The molecule has 1 heterocycles. The minimum Gasteiger partial charge on any atom is -0.507 e. The summed E-state index contributed by atoms with van der Waals surface area (Å²) in [5.41, 5.74) is 2.68. The second-order valence-corrected chi connectivity index (χ2v) is 9.15. The molecular formula is C23H22FNO4S. The third-order valence-corrected chi connectivity index (χ3v) is 7.17. The highest BCUT2D eigenvalue weighted by Gasteiger charge is 2.35. The molecule has 0 saturated heterocycles. The van der Waals surface area contributed by atoms with Gasteiger partial charge in [0.2, 0.25) is 10.0 Å². The van der Waals surface area contributed by atoms with Crippen LogP contribution in [0.1, 0.15) is 16.7 Å². The number of sulfonamides is 1. The molecule has 1 aliphatic rings. The van der Waals surface area contributed by atoms with Crippen molar-refractivity contribution in [2.24, 2.45) is 0 Å². The quantitative estimate of drug-likeness (QED) is 0.687. The topological polar surface area (TPSA) is 66.8 Å². The highest BCUT2D eigenvalue weighted by atomic mass is 32.2. The van der Waals surface area contributed by atoms with Crippen LogP contribution >= 0.6 is 0 Å². The normalized spacial score (nSPS) is 17.7. The van der Waals surface area contributed by atoms with Gasteiger partial charge in [0.25, 0.3) is 0 Å². The molecule has 0 aliphatic carbocycles. The fourth-order valence-electron chi connectivity index (χ4n) is 3.69.